The summed E-state index contributed by atoms with van der Waals surface area (Å²) in [6.07, 6.45) is 3.06. The second-order valence-electron chi connectivity index (χ2n) is 4.63. The molecule has 3 rings (SSSR count). The van der Waals surface area contributed by atoms with E-state index in [4.69, 9.17) is 0 Å². The Bertz CT molecular complexity index is 567. The number of benzene rings is 1. The van der Waals surface area contributed by atoms with Crippen molar-refractivity contribution in [3.63, 3.8) is 0 Å². The van der Waals surface area contributed by atoms with Crippen LogP contribution in [0.3, 0.4) is 0 Å². The first kappa shape index (κ1) is 11.8. The van der Waals surface area contributed by atoms with E-state index in [2.05, 4.69) is 4.98 Å². The van der Waals surface area contributed by atoms with E-state index >= 15 is 0 Å². The van der Waals surface area contributed by atoms with E-state index in [0.717, 1.165) is 35.5 Å². The summed E-state index contributed by atoms with van der Waals surface area (Å²) in [5.74, 6) is -0.214. The van der Waals surface area contributed by atoms with Gasteiger partial charge in [-0.1, -0.05) is 12.1 Å². The molecule has 1 heterocycles. The third-order valence-electron chi connectivity index (χ3n) is 3.21. The number of aliphatic hydroxyl groups excluding tert-OH is 1. The molecule has 0 saturated heterocycles. The van der Waals surface area contributed by atoms with Gasteiger partial charge in [0.05, 0.1) is 16.8 Å². The summed E-state index contributed by atoms with van der Waals surface area (Å²) in [4.78, 5) is 5.70. The van der Waals surface area contributed by atoms with Gasteiger partial charge in [0, 0.05) is 11.3 Å². The predicted molar refractivity (Wildman–Crippen MR) is 69.2 cm³/mol. The Morgan fingerprint density at radius 1 is 1.44 bits per heavy atom. The van der Waals surface area contributed by atoms with Gasteiger partial charge in [-0.2, -0.15) is 0 Å². The zero-order valence-corrected chi connectivity index (χ0v) is 10.7. The Morgan fingerprint density at radius 2 is 2.33 bits per heavy atom. The van der Waals surface area contributed by atoms with E-state index in [9.17, 15) is 9.50 Å². The normalized spacial score (nSPS) is 18.7. The van der Waals surface area contributed by atoms with Crippen LogP contribution in [0.15, 0.2) is 24.3 Å². The molecule has 1 aromatic carbocycles. The minimum Gasteiger partial charge on any atom is -0.387 e. The number of rotatable bonds is 2. The maximum Gasteiger partial charge on any atom is 0.123 e. The lowest BCUT2D eigenvalue weighted by Crippen LogP contribution is -2.07. The maximum absolute atomic E-state index is 13.1. The standard InChI is InChI=1S/C14H14FNOS/c15-10-4-1-3-9(7-10)8-13-16-14-11(17)5-2-6-12(14)18-13/h1,3-4,7,11,17H,2,5-6,8H2. The zero-order chi connectivity index (χ0) is 12.5. The van der Waals surface area contributed by atoms with Gasteiger partial charge >= 0.3 is 0 Å². The fourth-order valence-electron chi connectivity index (χ4n) is 2.34. The fraction of sp³-hybridized carbons (Fsp3) is 0.357. The first-order chi connectivity index (χ1) is 8.72. The Hall–Kier alpha value is -1.26. The van der Waals surface area contributed by atoms with Crippen LogP contribution in [-0.4, -0.2) is 10.1 Å². The van der Waals surface area contributed by atoms with Crippen LogP contribution in [-0.2, 0) is 12.8 Å². The number of hydrogen-bond acceptors (Lipinski definition) is 3. The molecule has 1 aliphatic rings. The molecule has 0 fully saturated rings. The Labute approximate surface area is 109 Å². The second-order valence-corrected chi connectivity index (χ2v) is 5.80. The van der Waals surface area contributed by atoms with Gasteiger partial charge < -0.3 is 5.11 Å². The van der Waals surface area contributed by atoms with Crippen LogP contribution < -0.4 is 0 Å². The van der Waals surface area contributed by atoms with Gasteiger partial charge in [0.15, 0.2) is 0 Å². The highest BCUT2D eigenvalue weighted by molar-refractivity contribution is 7.11. The summed E-state index contributed by atoms with van der Waals surface area (Å²) < 4.78 is 13.1. The van der Waals surface area contributed by atoms with Crippen LogP contribution in [0.2, 0.25) is 0 Å². The lowest BCUT2D eigenvalue weighted by Gasteiger charge is -2.14. The van der Waals surface area contributed by atoms with Gasteiger partial charge in [0.1, 0.15) is 5.82 Å². The Morgan fingerprint density at radius 3 is 3.11 bits per heavy atom. The van der Waals surface area contributed by atoms with Crippen molar-refractivity contribution in [1.29, 1.82) is 0 Å². The molecular formula is C14H14FNOS. The molecule has 1 atom stereocenters. The van der Waals surface area contributed by atoms with Crippen molar-refractivity contribution in [2.75, 3.05) is 0 Å². The van der Waals surface area contributed by atoms with Crippen LogP contribution in [0.25, 0.3) is 0 Å². The Balaban J connectivity index is 1.85. The highest BCUT2D eigenvalue weighted by atomic mass is 32.1. The highest BCUT2D eigenvalue weighted by Crippen LogP contribution is 2.33. The van der Waals surface area contributed by atoms with Gasteiger partial charge in [0.25, 0.3) is 0 Å². The lowest BCUT2D eigenvalue weighted by molar-refractivity contribution is 0.153. The van der Waals surface area contributed by atoms with Crippen molar-refractivity contribution in [2.24, 2.45) is 0 Å². The number of aryl methyl sites for hydroxylation is 1. The number of aromatic nitrogens is 1. The van der Waals surface area contributed by atoms with Crippen LogP contribution in [0, 0.1) is 5.82 Å². The maximum atomic E-state index is 13.1. The van der Waals surface area contributed by atoms with E-state index in [1.54, 1.807) is 17.4 Å². The zero-order valence-electron chi connectivity index (χ0n) is 9.90. The number of hydrogen-bond donors (Lipinski definition) is 1. The molecule has 0 spiro atoms. The average molecular weight is 263 g/mol. The minimum atomic E-state index is -0.411. The second kappa shape index (κ2) is 4.78. The number of nitrogens with zero attached hydrogens (tertiary/aromatic N) is 1. The lowest BCUT2D eigenvalue weighted by atomic mass is 10.0. The Kier molecular flexibility index (Phi) is 3.14. The van der Waals surface area contributed by atoms with E-state index in [1.807, 2.05) is 6.07 Å². The molecule has 0 saturated carbocycles. The van der Waals surface area contributed by atoms with Crippen molar-refractivity contribution >= 4 is 11.3 Å². The quantitative estimate of drug-likeness (QED) is 0.902. The van der Waals surface area contributed by atoms with Crippen molar-refractivity contribution in [3.8, 4) is 0 Å². The third kappa shape index (κ3) is 2.31. The molecule has 1 aliphatic carbocycles. The van der Waals surface area contributed by atoms with E-state index in [-0.39, 0.29) is 5.82 Å². The van der Waals surface area contributed by atoms with Crippen molar-refractivity contribution in [1.82, 2.24) is 4.98 Å². The summed E-state index contributed by atoms with van der Waals surface area (Å²) in [6.45, 7) is 0. The van der Waals surface area contributed by atoms with Gasteiger partial charge in [-0.25, -0.2) is 9.37 Å². The van der Waals surface area contributed by atoms with Crippen LogP contribution in [0.1, 0.15) is 40.1 Å². The first-order valence-electron chi connectivity index (χ1n) is 6.13. The molecule has 0 bridgehead atoms. The fourth-order valence-corrected chi connectivity index (χ4v) is 3.54. The predicted octanol–water partition coefficient (Wildman–Crippen LogP) is 3.24. The molecule has 1 aromatic heterocycles. The van der Waals surface area contributed by atoms with Gasteiger partial charge in [0.2, 0.25) is 0 Å². The smallest absolute Gasteiger partial charge is 0.123 e. The summed E-state index contributed by atoms with van der Waals surface area (Å²) in [6, 6.07) is 6.60. The molecule has 2 aromatic rings. The first-order valence-corrected chi connectivity index (χ1v) is 6.95. The molecular weight excluding hydrogens is 249 g/mol. The van der Waals surface area contributed by atoms with Crippen LogP contribution in [0.4, 0.5) is 4.39 Å². The molecule has 94 valence electrons. The molecule has 2 nitrogen and oxygen atoms in total. The molecule has 0 radical (unpaired) electrons. The van der Waals surface area contributed by atoms with E-state index in [0.29, 0.717) is 6.42 Å². The monoisotopic (exact) mass is 263 g/mol. The van der Waals surface area contributed by atoms with Crippen molar-refractivity contribution < 1.29 is 9.50 Å². The topological polar surface area (TPSA) is 33.1 Å². The van der Waals surface area contributed by atoms with Gasteiger partial charge in [-0.15, -0.1) is 11.3 Å². The summed E-state index contributed by atoms with van der Waals surface area (Å²) in [7, 11) is 0. The van der Waals surface area contributed by atoms with Gasteiger partial charge in [-0.05, 0) is 37.0 Å². The number of thiazole rings is 1. The summed E-state index contributed by atoms with van der Waals surface area (Å²) in [5.41, 5.74) is 1.77. The summed E-state index contributed by atoms with van der Waals surface area (Å²) in [5, 5.41) is 10.8. The molecule has 0 amide bonds. The molecule has 4 heteroatoms. The third-order valence-corrected chi connectivity index (χ3v) is 4.34. The van der Waals surface area contributed by atoms with Gasteiger partial charge in [-0.3, -0.25) is 0 Å². The minimum absolute atomic E-state index is 0.214. The SMILES string of the molecule is OC1CCCc2sc(Cc3cccc(F)c3)nc21. The molecule has 18 heavy (non-hydrogen) atoms. The number of fused-ring (bicyclic) bond motifs is 1. The average Bonchev–Trinajstić information content (AvgIpc) is 2.73. The number of aliphatic hydroxyl groups is 1. The molecule has 0 aliphatic heterocycles. The van der Waals surface area contributed by atoms with E-state index in [1.165, 1.54) is 17.0 Å². The van der Waals surface area contributed by atoms with Crippen LogP contribution in [0.5, 0.6) is 0 Å². The molecule has 1 unspecified atom stereocenters. The van der Waals surface area contributed by atoms with Crippen molar-refractivity contribution in [3.05, 3.63) is 51.2 Å². The van der Waals surface area contributed by atoms with Crippen LogP contribution >= 0.6 is 11.3 Å². The van der Waals surface area contributed by atoms with Crippen molar-refractivity contribution in [2.45, 2.75) is 31.8 Å². The number of halogens is 1. The highest BCUT2D eigenvalue weighted by Gasteiger charge is 2.22. The summed E-state index contributed by atoms with van der Waals surface area (Å²) >= 11 is 1.65. The van der Waals surface area contributed by atoms with E-state index < -0.39 is 6.10 Å². The largest absolute Gasteiger partial charge is 0.387 e. The molecule has 1 N–H and O–H groups in total.